The van der Waals surface area contributed by atoms with Gasteiger partial charge in [-0.3, -0.25) is 9.59 Å². The van der Waals surface area contributed by atoms with Crippen LogP contribution in [-0.2, 0) is 4.79 Å². The van der Waals surface area contributed by atoms with Gasteiger partial charge in [0.15, 0.2) is 10.9 Å². The number of ether oxygens (including phenoxy) is 1. The van der Waals surface area contributed by atoms with E-state index in [-0.39, 0.29) is 17.4 Å². The Labute approximate surface area is 188 Å². The molecule has 4 rings (SSSR count). The van der Waals surface area contributed by atoms with Gasteiger partial charge in [-0.1, -0.05) is 53.7 Å². The lowest BCUT2D eigenvalue weighted by Gasteiger charge is -2.11. The molecule has 31 heavy (non-hydrogen) atoms. The van der Waals surface area contributed by atoms with Crippen LogP contribution >= 0.6 is 23.4 Å². The first-order chi connectivity index (χ1) is 15.0. The summed E-state index contributed by atoms with van der Waals surface area (Å²) in [5.41, 5.74) is 2.89. The highest BCUT2D eigenvalue weighted by Gasteiger charge is 2.16. The Kier molecular flexibility index (Phi) is 6.25. The van der Waals surface area contributed by atoms with Gasteiger partial charge in [0.05, 0.1) is 29.6 Å². The van der Waals surface area contributed by atoms with Crippen LogP contribution in [0.5, 0.6) is 5.75 Å². The molecule has 0 saturated heterocycles. The summed E-state index contributed by atoms with van der Waals surface area (Å²) in [6.45, 7) is 0. The summed E-state index contributed by atoms with van der Waals surface area (Å²) in [6.07, 6.45) is 0. The molecule has 156 valence electrons. The number of thioether (sulfide) groups is 1. The second-order valence-corrected chi connectivity index (χ2v) is 8.05. The molecule has 0 saturated carbocycles. The molecule has 0 spiro atoms. The third-order valence-electron chi connectivity index (χ3n) is 4.54. The highest BCUT2D eigenvalue weighted by molar-refractivity contribution is 7.99. The average molecular weight is 452 g/mol. The standard InChI is InChI=1S/C23H18ClN3O3S/c1-30-16-8-10-19-20(12-16)27-23(26-19)31-13-21(28)25-18-9-7-15(24)11-17(18)22(29)14-5-3-2-4-6-14/h2-12H,13H2,1H3,(H,25,28)(H,26,27). The number of nitrogens with zero attached hydrogens (tertiary/aromatic N) is 1. The van der Waals surface area contributed by atoms with Crippen LogP contribution in [0.2, 0.25) is 5.02 Å². The van der Waals surface area contributed by atoms with Gasteiger partial charge >= 0.3 is 0 Å². The molecular formula is C23H18ClN3O3S. The van der Waals surface area contributed by atoms with E-state index < -0.39 is 0 Å². The number of carbonyl (C=O) groups excluding carboxylic acids is 2. The van der Waals surface area contributed by atoms with E-state index in [2.05, 4.69) is 15.3 Å². The minimum Gasteiger partial charge on any atom is -0.497 e. The molecule has 0 unspecified atom stereocenters. The molecule has 0 aliphatic heterocycles. The highest BCUT2D eigenvalue weighted by atomic mass is 35.5. The van der Waals surface area contributed by atoms with Crippen molar-refractivity contribution >= 4 is 51.8 Å². The van der Waals surface area contributed by atoms with Crippen molar-refractivity contribution in [3.05, 3.63) is 82.9 Å². The van der Waals surface area contributed by atoms with Crippen molar-refractivity contribution in [2.24, 2.45) is 0 Å². The molecule has 0 radical (unpaired) electrons. The number of nitrogens with one attached hydrogen (secondary N) is 2. The van der Waals surface area contributed by atoms with Gasteiger partial charge in [0.1, 0.15) is 5.75 Å². The van der Waals surface area contributed by atoms with Crippen LogP contribution in [0.15, 0.2) is 71.9 Å². The first-order valence-corrected chi connectivity index (χ1v) is 10.8. The van der Waals surface area contributed by atoms with Gasteiger partial charge in [-0.15, -0.1) is 0 Å². The number of benzene rings is 3. The number of methoxy groups -OCH3 is 1. The summed E-state index contributed by atoms with van der Waals surface area (Å²) >= 11 is 7.37. The summed E-state index contributed by atoms with van der Waals surface area (Å²) in [5.74, 6) is 0.381. The largest absolute Gasteiger partial charge is 0.497 e. The number of imidazole rings is 1. The van der Waals surface area contributed by atoms with Crippen molar-refractivity contribution in [2.75, 3.05) is 18.2 Å². The second kappa shape index (κ2) is 9.24. The van der Waals surface area contributed by atoms with Crippen molar-refractivity contribution in [1.29, 1.82) is 0 Å². The van der Waals surface area contributed by atoms with E-state index in [4.69, 9.17) is 16.3 Å². The molecule has 6 nitrogen and oxygen atoms in total. The number of aromatic nitrogens is 2. The van der Waals surface area contributed by atoms with Gasteiger partial charge in [0.2, 0.25) is 5.91 Å². The number of aromatic amines is 1. The monoisotopic (exact) mass is 451 g/mol. The lowest BCUT2D eigenvalue weighted by molar-refractivity contribution is -0.113. The summed E-state index contributed by atoms with van der Waals surface area (Å²) in [5, 5.41) is 3.85. The second-order valence-electron chi connectivity index (χ2n) is 6.65. The number of hydrogen-bond acceptors (Lipinski definition) is 5. The maximum Gasteiger partial charge on any atom is 0.234 e. The van der Waals surface area contributed by atoms with Crippen molar-refractivity contribution < 1.29 is 14.3 Å². The topological polar surface area (TPSA) is 84.1 Å². The molecule has 1 heterocycles. The predicted octanol–water partition coefficient (Wildman–Crippen LogP) is 5.19. The number of ketones is 1. The Morgan fingerprint density at radius 3 is 2.68 bits per heavy atom. The highest BCUT2D eigenvalue weighted by Crippen LogP contribution is 2.26. The molecule has 0 aliphatic carbocycles. The minimum absolute atomic E-state index is 0.124. The zero-order chi connectivity index (χ0) is 21.8. The van der Waals surface area contributed by atoms with E-state index in [1.165, 1.54) is 11.8 Å². The molecule has 2 N–H and O–H groups in total. The van der Waals surface area contributed by atoms with Gasteiger partial charge in [0, 0.05) is 22.2 Å². The molecule has 0 atom stereocenters. The fraction of sp³-hybridized carbons (Fsp3) is 0.0870. The van der Waals surface area contributed by atoms with Crippen molar-refractivity contribution in [3.8, 4) is 5.75 Å². The number of H-pyrrole nitrogens is 1. The van der Waals surface area contributed by atoms with E-state index >= 15 is 0 Å². The lowest BCUT2D eigenvalue weighted by atomic mass is 10.0. The number of halogens is 1. The smallest absolute Gasteiger partial charge is 0.234 e. The van der Waals surface area contributed by atoms with E-state index in [9.17, 15) is 9.59 Å². The zero-order valence-corrected chi connectivity index (χ0v) is 18.1. The first-order valence-electron chi connectivity index (χ1n) is 9.39. The van der Waals surface area contributed by atoms with Gasteiger partial charge in [-0.05, 0) is 30.3 Å². The molecule has 3 aromatic carbocycles. The summed E-state index contributed by atoms with van der Waals surface area (Å²) in [7, 11) is 1.60. The Balaban J connectivity index is 1.47. The van der Waals surface area contributed by atoms with Crippen molar-refractivity contribution in [3.63, 3.8) is 0 Å². The van der Waals surface area contributed by atoms with E-state index in [0.29, 0.717) is 27.0 Å². The third-order valence-corrected chi connectivity index (χ3v) is 5.65. The average Bonchev–Trinajstić information content (AvgIpc) is 3.21. The first kappa shape index (κ1) is 21.0. The Hall–Kier alpha value is -3.29. The number of rotatable bonds is 7. The Morgan fingerprint density at radius 2 is 1.90 bits per heavy atom. The lowest BCUT2D eigenvalue weighted by Crippen LogP contribution is -2.17. The molecular weight excluding hydrogens is 434 g/mol. The fourth-order valence-electron chi connectivity index (χ4n) is 3.04. The van der Waals surface area contributed by atoms with Crippen LogP contribution < -0.4 is 10.1 Å². The summed E-state index contributed by atoms with van der Waals surface area (Å²) in [6, 6.07) is 19.2. The van der Waals surface area contributed by atoms with Crippen LogP contribution in [0.4, 0.5) is 5.69 Å². The molecule has 0 aliphatic rings. The van der Waals surface area contributed by atoms with Crippen molar-refractivity contribution in [1.82, 2.24) is 9.97 Å². The van der Waals surface area contributed by atoms with Crippen molar-refractivity contribution in [2.45, 2.75) is 5.16 Å². The number of carbonyl (C=O) groups is 2. The normalized spacial score (nSPS) is 10.8. The van der Waals surface area contributed by atoms with Crippen LogP contribution in [0, 0.1) is 0 Å². The molecule has 1 aromatic heterocycles. The van der Waals surface area contributed by atoms with Crippen LogP contribution in [0.25, 0.3) is 11.0 Å². The maximum absolute atomic E-state index is 12.9. The third kappa shape index (κ3) is 4.90. The predicted molar refractivity (Wildman–Crippen MR) is 123 cm³/mol. The van der Waals surface area contributed by atoms with Gasteiger partial charge in [-0.25, -0.2) is 4.98 Å². The van der Waals surface area contributed by atoms with E-state index in [1.807, 2.05) is 24.3 Å². The number of hydrogen-bond donors (Lipinski definition) is 2. The number of amides is 1. The molecule has 8 heteroatoms. The quantitative estimate of drug-likeness (QED) is 0.298. The Bertz CT molecular complexity index is 1260. The molecule has 1 amide bonds. The fourth-order valence-corrected chi connectivity index (χ4v) is 3.90. The molecule has 0 fully saturated rings. The van der Waals surface area contributed by atoms with Crippen LogP contribution in [0.1, 0.15) is 15.9 Å². The van der Waals surface area contributed by atoms with Crippen LogP contribution in [-0.4, -0.2) is 34.5 Å². The summed E-state index contributed by atoms with van der Waals surface area (Å²) < 4.78 is 5.21. The van der Waals surface area contributed by atoms with E-state index in [1.54, 1.807) is 49.6 Å². The summed E-state index contributed by atoms with van der Waals surface area (Å²) in [4.78, 5) is 33.1. The molecule has 0 bridgehead atoms. The van der Waals surface area contributed by atoms with E-state index in [0.717, 1.165) is 16.8 Å². The van der Waals surface area contributed by atoms with Gasteiger partial charge in [0.25, 0.3) is 0 Å². The SMILES string of the molecule is COc1ccc2nc(SCC(=O)Nc3ccc(Cl)cc3C(=O)c3ccccc3)[nH]c2c1. The number of anilines is 1. The zero-order valence-electron chi connectivity index (χ0n) is 16.5. The van der Waals surface area contributed by atoms with Gasteiger partial charge in [-0.2, -0.15) is 0 Å². The molecule has 4 aromatic rings. The minimum atomic E-state index is -0.257. The van der Waals surface area contributed by atoms with Gasteiger partial charge < -0.3 is 15.0 Å². The number of fused-ring (bicyclic) bond motifs is 1. The van der Waals surface area contributed by atoms with Crippen LogP contribution in [0.3, 0.4) is 0 Å². The Morgan fingerprint density at radius 1 is 1.10 bits per heavy atom. The maximum atomic E-state index is 12.9.